The lowest BCUT2D eigenvalue weighted by Gasteiger charge is -1.99. The number of rotatable bonds is 1. The molecule has 0 fully saturated rings. The second-order valence-electron chi connectivity index (χ2n) is 4.78. The molecule has 0 radical (unpaired) electrons. The molecule has 0 amide bonds. The van der Waals surface area contributed by atoms with E-state index in [1.165, 1.54) is 11.3 Å². The van der Waals surface area contributed by atoms with Crippen molar-refractivity contribution in [1.82, 2.24) is 14.5 Å². The molecule has 5 heteroatoms. The molecule has 0 aliphatic rings. The van der Waals surface area contributed by atoms with Crippen molar-refractivity contribution in [3.8, 4) is 10.6 Å². The maximum absolute atomic E-state index is 12.0. The van der Waals surface area contributed by atoms with Gasteiger partial charge in [-0.1, -0.05) is 29.5 Å². The van der Waals surface area contributed by atoms with Gasteiger partial charge in [0.2, 0.25) is 5.91 Å². The van der Waals surface area contributed by atoms with E-state index in [2.05, 4.69) is 4.98 Å². The Morgan fingerprint density at radius 1 is 1.14 bits per heavy atom. The number of carbonyl (C=O) groups is 1. The Kier molecular flexibility index (Phi) is 2.62. The third-order valence-electron chi connectivity index (χ3n) is 3.45. The van der Waals surface area contributed by atoms with Crippen LogP contribution in [-0.2, 0) is 0 Å². The SMILES string of the molecule is CC(=O)n1c2ccccc2c2nc(-c3ccncc3)sc21. The molecule has 0 saturated carbocycles. The molecule has 0 N–H and O–H groups in total. The van der Waals surface area contributed by atoms with E-state index in [0.717, 1.165) is 31.8 Å². The molecule has 0 atom stereocenters. The van der Waals surface area contributed by atoms with Gasteiger partial charge in [-0.3, -0.25) is 14.3 Å². The van der Waals surface area contributed by atoms with Crippen molar-refractivity contribution in [2.75, 3.05) is 0 Å². The van der Waals surface area contributed by atoms with E-state index in [1.54, 1.807) is 23.9 Å². The molecule has 4 nitrogen and oxygen atoms in total. The summed E-state index contributed by atoms with van der Waals surface area (Å²) in [4.78, 5) is 21.7. The van der Waals surface area contributed by atoms with Gasteiger partial charge in [-0.25, -0.2) is 4.98 Å². The third-order valence-corrected chi connectivity index (χ3v) is 4.54. The van der Waals surface area contributed by atoms with Gasteiger partial charge >= 0.3 is 0 Å². The summed E-state index contributed by atoms with van der Waals surface area (Å²) in [6.07, 6.45) is 3.50. The van der Waals surface area contributed by atoms with Crippen LogP contribution < -0.4 is 0 Å². The average molecular weight is 293 g/mol. The van der Waals surface area contributed by atoms with Gasteiger partial charge < -0.3 is 0 Å². The molecule has 21 heavy (non-hydrogen) atoms. The standard InChI is InChI=1S/C16H11N3OS/c1-10(20)19-13-5-3-2-4-12(13)14-16(19)21-15(18-14)11-6-8-17-9-7-11/h2-9H,1H3. The molecule has 102 valence electrons. The van der Waals surface area contributed by atoms with Crippen LogP contribution in [0.25, 0.3) is 31.8 Å². The third kappa shape index (κ3) is 1.78. The van der Waals surface area contributed by atoms with Gasteiger partial charge in [-0.15, -0.1) is 0 Å². The lowest BCUT2D eigenvalue weighted by atomic mass is 10.2. The van der Waals surface area contributed by atoms with Crippen LogP contribution >= 0.6 is 11.3 Å². The van der Waals surface area contributed by atoms with Crippen LogP contribution in [0.5, 0.6) is 0 Å². The minimum Gasteiger partial charge on any atom is -0.274 e. The number of pyridine rings is 1. The van der Waals surface area contributed by atoms with Gasteiger partial charge in [0.05, 0.1) is 5.52 Å². The molecule has 3 aromatic heterocycles. The number of hydrogen-bond donors (Lipinski definition) is 0. The first-order valence-electron chi connectivity index (χ1n) is 6.57. The fourth-order valence-corrected chi connectivity index (χ4v) is 3.69. The monoisotopic (exact) mass is 293 g/mol. The van der Waals surface area contributed by atoms with E-state index < -0.39 is 0 Å². The maximum Gasteiger partial charge on any atom is 0.229 e. The van der Waals surface area contributed by atoms with E-state index in [9.17, 15) is 4.79 Å². The molecule has 0 aliphatic heterocycles. The average Bonchev–Trinajstić information content (AvgIpc) is 3.04. The number of hydrogen-bond acceptors (Lipinski definition) is 4. The Hall–Kier alpha value is -2.53. The molecule has 0 spiro atoms. The van der Waals surface area contributed by atoms with Gasteiger partial charge in [-0.2, -0.15) is 0 Å². The lowest BCUT2D eigenvalue weighted by molar-refractivity contribution is 0.0947. The van der Waals surface area contributed by atoms with Crippen molar-refractivity contribution in [1.29, 1.82) is 0 Å². The number of aromatic nitrogens is 3. The number of benzene rings is 1. The Labute approximate surface area is 124 Å². The molecular weight excluding hydrogens is 282 g/mol. The van der Waals surface area contributed by atoms with Crippen LogP contribution in [0.4, 0.5) is 0 Å². The Bertz CT molecular complexity index is 969. The van der Waals surface area contributed by atoms with Crippen molar-refractivity contribution in [2.24, 2.45) is 0 Å². The zero-order chi connectivity index (χ0) is 14.4. The zero-order valence-corrected chi connectivity index (χ0v) is 12.1. The highest BCUT2D eigenvalue weighted by atomic mass is 32.1. The first-order valence-corrected chi connectivity index (χ1v) is 7.38. The van der Waals surface area contributed by atoms with Crippen LogP contribution in [0, 0.1) is 0 Å². The second kappa shape index (κ2) is 4.49. The molecule has 4 rings (SSSR count). The molecule has 1 aromatic carbocycles. The highest BCUT2D eigenvalue weighted by molar-refractivity contribution is 7.21. The number of thiazole rings is 1. The van der Waals surface area contributed by atoms with Gasteiger partial charge in [0.25, 0.3) is 0 Å². The van der Waals surface area contributed by atoms with Gasteiger partial charge in [0.1, 0.15) is 15.4 Å². The largest absolute Gasteiger partial charge is 0.274 e. The number of fused-ring (bicyclic) bond motifs is 3. The van der Waals surface area contributed by atoms with Crippen molar-refractivity contribution in [3.63, 3.8) is 0 Å². The fourth-order valence-electron chi connectivity index (χ4n) is 2.55. The van der Waals surface area contributed by atoms with Crippen LogP contribution in [-0.4, -0.2) is 20.4 Å². The van der Waals surface area contributed by atoms with Crippen LogP contribution in [0.2, 0.25) is 0 Å². The Morgan fingerprint density at radius 2 is 1.90 bits per heavy atom. The first-order chi connectivity index (χ1) is 10.3. The summed E-state index contributed by atoms with van der Waals surface area (Å²) in [6.45, 7) is 1.58. The van der Waals surface area contributed by atoms with Crippen molar-refractivity contribution in [3.05, 3.63) is 48.8 Å². The smallest absolute Gasteiger partial charge is 0.229 e. The summed E-state index contributed by atoms with van der Waals surface area (Å²) >= 11 is 1.53. The predicted molar refractivity (Wildman–Crippen MR) is 84.6 cm³/mol. The summed E-state index contributed by atoms with van der Waals surface area (Å²) < 4.78 is 1.74. The van der Waals surface area contributed by atoms with E-state index in [1.807, 2.05) is 36.4 Å². The summed E-state index contributed by atoms with van der Waals surface area (Å²) in [5, 5.41) is 1.92. The number of para-hydroxylation sites is 1. The normalized spacial score (nSPS) is 11.3. The van der Waals surface area contributed by atoms with Crippen molar-refractivity contribution >= 4 is 38.5 Å². The van der Waals surface area contributed by atoms with Gasteiger partial charge in [0, 0.05) is 30.3 Å². The van der Waals surface area contributed by atoms with Crippen molar-refractivity contribution in [2.45, 2.75) is 6.92 Å². The summed E-state index contributed by atoms with van der Waals surface area (Å²) in [5.41, 5.74) is 2.82. The molecule has 0 unspecified atom stereocenters. The predicted octanol–water partition coefficient (Wildman–Crippen LogP) is 3.97. The molecule has 3 heterocycles. The maximum atomic E-state index is 12.0. The summed E-state index contributed by atoms with van der Waals surface area (Å²) in [6, 6.07) is 11.7. The second-order valence-corrected chi connectivity index (χ2v) is 5.76. The molecular formula is C16H11N3OS. The topological polar surface area (TPSA) is 47.8 Å². The van der Waals surface area contributed by atoms with Gasteiger partial charge in [0.15, 0.2) is 0 Å². The quantitative estimate of drug-likeness (QED) is 0.533. The van der Waals surface area contributed by atoms with Crippen LogP contribution in [0.1, 0.15) is 11.7 Å². The summed E-state index contributed by atoms with van der Waals surface area (Å²) in [5.74, 6) is 0.00567. The summed E-state index contributed by atoms with van der Waals surface area (Å²) in [7, 11) is 0. The Morgan fingerprint density at radius 3 is 2.67 bits per heavy atom. The zero-order valence-electron chi connectivity index (χ0n) is 11.3. The van der Waals surface area contributed by atoms with Crippen LogP contribution in [0.15, 0.2) is 48.8 Å². The number of carbonyl (C=O) groups excluding carboxylic acids is 1. The highest BCUT2D eigenvalue weighted by Crippen LogP contribution is 2.36. The van der Waals surface area contributed by atoms with Crippen molar-refractivity contribution < 1.29 is 4.79 Å². The van der Waals surface area contributed by atoms with E-state index in [-0.39, 0.29) is 5.91 Å². The number of nitrogens with zero attached hydrogens (tertiary/aromatic N) is 3. The molecule has 4 aromatic rings. The van der Waals surface area contributed by atoms with Gasteiger partial charge in [-0.05, 0) is 18.2 Å². The first kappa shape index (κ1) is 12.2. The minimum absolute atomic E-state index is 0.00567. The fraction of sp³-hybridized carbons (Fsp3) is 0.0625. The molecule has 0 aliphatic carbocycles. The minimum atomic E-state index is 0.00567. The molecule has 0 bridgehead atoms. The van der Waals surface area contributed by atoms with E-state index >= 15 is 0 Å². The van der Waals surface area contributed by atoms with Crippen LogP contribution in [0.3, 0.4) is 0 Å². The Balaban J connectivity index is 2.09. The molecule has 0 saturated heterocycles. The van der Waals surface area contributed by atoms with E-state index in [0.29, 0.717) is 0 Å². The van der Waals surface area contributed by atoms with E-state index in [4.69, 9.17) is 4.98 Å². The highest BCUT2D eigenvalue weighted by Gasteiger charge is 2.18. The lowest BCUT2D eigenvalue weighted by Crippen LogP contribution is -2.03.